The average molecular weight is 203 g/mol. The van der Waals surface area contributed by atoms with E-state index in [2.05, 4.69) is 0 Å². The topological polar surface area (TPSA) is 61.1 Å². The van der Waals surface area contributed by atoms with Gasteiger partial charge in [-0.25, -0.2) is 4.79 Å². The molecule has 0 saturated heterocycles. The molecule has 1 rings (SSSR count). The summed E-state index contributed by atoms with van der Waals surface area (Å²) >= 11 is 0.869. The highest BCUT2D eigenvalue weighted by Gasteiger charge is 2.43. The number of rotatable bonds is 2. The first-order valence-corrected chi connectivity index (χ1v) is 4.02. The maximum atomic E-state index is 12.8. The molecule has 0 atom stereocenters. The number of hydrogen-bond acceptors (Lipinski definition) is 3. The van der Waals surface area contributed by atoms with E-state index in [9.17, 15) is 13.6 Å². The van der Waals surface area contributed by atoms with E-state index in [-0.39, 0.29) is 5.56 Å². The zero-order valence-electron chi connectivity index (χ0n) is 6.12. The van der Waals surface area contributed by atoms with E-state index in [1.807, 2.05) is 0 Å². The Morgan fingerprint density at radius 1 is 1.62 bits per heavy atom. The zero-order valence-corrected chi connectivity index (χ0v) is 6.94. The van der Waals surface area contributed by atoms with E-state index >= 15 is 0 Å². The number of nitriles is 1. The molecule has 0 saturated carbocycles. The first kappa shape index (κ1) is 9.61. The van der Waals surface area contributed by atoms with Crippen molar-refractivity contribution in [3.05, 3.63) is 21.9 Å². The molecule has 0 aliphatic rings. The van der Waals surface area contributed by atoms with Gasteiger partial charge in [0.25, 0.3) is 0 Å². The molecule has 1 aromatic rings. The van der Waals surface area contributed by atoms with Gasteiger partial charge in [-0.3, -0.25) is 0 Å². The zero-order chi connectivity index (χ0) is 10.1. The summed E-state index contributed by atoms with van der Waals surface area (Å²) in [4.78, 5) is 10.1. The number of hydrogen-bond donors (Lipinski definition) is 1. The Morgan fingerprint density at radius 2 is 2.23 bits per heavy atom. The Morgan fingerprint density at radius 3 is 2.69 bits per heavy atom. The summed E-state index contributed by atoms with van der Waals surface area (Å²) in [7, 11) is 0. The van der Waals surface area contributed by atoms with Crippen molar-refractivity contribution in [2.24, 2.45) is 0 Å². The molecule has 1 heterocycles. The van der Waals surface area contributed by atoms with E-state index in [1.54, 1.807) is 0 Å². The lowest BCUT2D eigenvalue weighted by atomic mass is 10.1. The predicted molar refractivity (Wildman–Crippen MR) is 40.6 cm³/mol. The van der Waals surface area contributed by atoms with Gasteiger partial charge in [0.1, 0.15) is 6.07 Å². The summed E-state index contributed by atoms with van der Waals surface area (Å²) < 4.78 is 25.6. The van der Waals surface area contributed by atoms with Gasteiger partial charge in [0.15, 0.2) is 0 Å². The quantitative estimate of drug-likeness (QED) is 0.797. The first-order valence-electron chi connectivity index (χ1n) is 3.08. The van der Waals surface area contributed by atoms with Gasteiger partial charge in [-0.2, -0.15) is 25.4 Å². The van der Waals surface area contributed by atoms with E-state index in [1.165, 1.54) is 11.4 Å². The van der Waals surface area contributed by atoms with Gasteiger partial charge in [-0.1, -0.05) is 0 Å². The Hall–Kier alpha value is -1.48. The molecule has 1 N–H and O–H groups in total. The molecule has 13 heavy (non-hydrogen) atoms. The summed E-state index contributed by atoms with van der Waals surface area (Å²) in [5.41, 5.74) is -1.04. The monoisotopic (exact) mass is 203 g/mol. The molecular weight excluding hydrogens is 200 g/mol. The van der Waals surface area contributed by atoms with Crippen LogP contribution < -0.4 is 0 Å². The SMILES string of the molecule is N#Cc1cscc1C(F)(F)C(=O)O. The number of carboxylic acids is 1. The molecule has 6 heteroatoms. The molecule has 0 aliphatic heterocycles. The Labute approximate surface area is 75.8 Å². The van der Waals surface area contributed by atoms with Crippen LogP contribution in [0.1, 0.15) is 11.1 Å². The Balaban J connectivity index is 3.23. The van der Waals surface area contributed by atoms with Crippen LogP contribution in [0, 0.1) is 11.3 Å². The second kappa shape index (κ2) is 3.11. The fourth-order valence-electron chi connectivity index (χ4n) is 0.742. The molecule has 3 nitrogen and oxygen atoms in total. The lowest BCUT2D eigenvalue weighted by Gasteiger charge is -2.08. The van der Waals surface area contributed by atoms with Crippen molar-refractivity contribution < 1.29 is 18.7 Å². The molecule has 1 aromatic heterocycles. The van der Waals surface area contributed by atoms with Crippen LogP contribution in [0.4, 0.5) is 8.78 Å². The van der Waals surface area contributed by atoms with Crippen LogP contribution in [0.3, 0.4) is 0 Å². The fourth-order valence-corrected chi connectivity index (χ4v) is 1.54. The van der Waals surface area contributed by atoms with Gasteiger partial charge < -0.3 is 5.11 Å². The Kier molecular flexibility index (Phi) is 2.30. The van der Waals surface area contributed by atoms with Gasteiger partial charge in [0.2, 0.25) is 0 Å². The van der Waals surface area contributed by atoms with Crippen molar-refractivity contribution >= 4 is 17.3 Å². The Bertz CT molecular complexity index is 380. The number of nitrogens with zero attached hydrogens (tertiary/aromatic N) is 1. The third-order valence-corrected chi connectivity index (χ3v) is 2.13. The average Bonchev–Trinajstić information content (AvgIpc) is 2.51. The molecular formula is C7H3F2NO2S. The fraction of sp³-hybridized carbons (Fsp3) is 0.143. The van der Waals surface area contributed by atoms with Crippen LogP contribution in [-0.4, -0.2) is 11.1 Å². The molecule has 0 bridgehead atoms. The van der Waals surface area contributed by atoms with E-state index < -0.39 is 17.5 Å². The van der Waals surface area contributed by atoms with Crippen molar-refractivity contribution in [3.8, 4) is 6.07 Å². The summed E-state index contributed by atoms with van der Waals surface area (Å²) in [6.07, 6.45) is 0. The van der Waals surface area contributed by atoms with E-state index in [0.29, 0.717) is 0 Å². The molecule has 0 unspecified atom stereocenters. The van der Waals surface area contributed by atoms with Crippen LogP contribution >= 0.6 is 11.3 Å². The second-order valence-electron chi connectivity index (χ2n) is 2.19. The minimum atomic E-state index is -3.98. The van der Waals surface area contributed by atoms with Gasteiger partial charge >= 0.3 is 11.9 Å². The van der Waals surface area contributed by atoms with Gasteiger partial charge in [-0.05, 0) is 0 Å². The molecule has 0 aromatic carbocycles. The van der Waals surface area contributed by atoms with Gasteiger partial charge in [0, 0.05) is 10.8 Å². The van der Waals surface area contributed by atoms with Crippen molar-refractivity contribution in [3.63, 3.8) is 0 Å². The standard InChI is InChI=1S/C7H3F2NO2S/c8-7(9,6(11)12)5-3-13-2-4(5)1-10/h2-3H,(H,11,12). The maximum Gasteiger partial charge on any atom is 0.379 e. The van der Waals surface area contributed by atoms with Gasteiger partial charge in [-0.15, -0.1) is 0 Å². The van der Waals surface area contributed by atoms with Crippen LogP contribution in [0.25, 0.3) is 0 Å². The summed E-state index contributed by atoms with van der Waals surface area (Å²) in [6, 6.07) is 1.50. The summed E-state index contributed by atoms with van der Waals surface area (Å²) in [6.45, 7) is 0. The van der Waals surface area contributed by atoms with Crippen molar-refractivity contribution in [2.45, 2.75) is 5.92 Å². The maximum absolute atomic E-state index is 12.8. The molecule has 0 fully saturated rings. The number of aliphatic carboxylic acids is 1. The van der Waals surface area contributed by atoms with Crippen LogP contribution in [0.15, 0.2) is 10.8 Å². The first-order chi connectivity index (χ1) is 6.00. The van der Waals surface area contributed by atoms with Crippen molar-refractivity contribution in [2.75, 3.05) is 0 Å². The minimum absolute atomic E-state index is 0.294. The van der Waals surface area contributed by atoms with Crippen molar-refractivity contribution in [1.82, 2.24) is 0 Å². The summed E-state index contributed by atoms with van der Waals surface area (Å²) in [5, 5.41) is 18.7. The molecule has 0 radical (unpaired) electrons. The van der Waals surface area contributed by atoms with E-state index in [0.717, 1.165) is 16.7 Å². The predicted octanol–water partition coefficient (Wildman–Crippen LogP) is 1.80. The summed E-state index contributed by atoms with van der Waals surface area (Å²) in [5.74, 6) is -6.23. The molecule has 0 aliphatic carbocycles. The number of halogens is 2. The molecule has 0 spiro atoms. The third kappa shape index (κ3) is 1.51. The highest BCUT2D eigenvalue weighted by Crippen LogP contribution is 2.32. The number of carbonyl (C=O) groups is 1. The van der Waals surface area contributed by atoms with Crippen LogP contribution in [0.2, 0.25) is 0 Å². The number of carboxylic acid groups (broad SMARTS) is 1. The lowest BCUT2D eigenvalue weighted by molar-refractivity contribution is -0.166. The second-order valence-corrected chi connectivity index (χ2v) is 2.93. The van der Waals surface area contributed by atoms with E-state index in [4.69, 9.17) is 10.4 Å². The minimum Gasteiger partial charge on any atom is -0.477 e. The van der Waals surface area contributed by atoms with Crippen LogP contribution in [-0.2, 0) is 10.7 Å². The lowest BCUT2D eigenvalue weighted by Crippen LogP contribution is -2.25. The highest BCUT2D eigenvalue weighted by molar-refractivity contribution is 7.08. The van der Waals surface area contributed by atoms with Crippen molar-refractivity contribution in [1.29, 1.82) is 5.26 Å². The number of alkyl halides is 2. The number of thiophene rings is 1. The third-order valence-electron chi connectivity index (χ3n) is 1.39. The van der Waals surface area contributed by atoms with Gasteiger partial charge in [0.05, 0.1) is 11.1 Å². The highest BCUT2D eigenvalue weighted by atomic mass is 32.1. The smallest absolute Gasteiger partial charge is 0.379 e. The molecule has 68 valence electrons. The largest absolute Gasteiger partial charge is 0.477 e. The normalized spacial score (nSPS) is 10.8. The van der Waals surface area contributed by atoms with Crippen LogP contribution in [0.5, 0.6) is 0 Å². The molecule has 0 amide bonds.